The molecule has 11 heteroatoms. The molecule has 5 rings (SSSR count). The fourth-order valence-corrected chi connectivity index (χ4v) is 8.91. The maximum Gasteiger partial charge on any atom is 0.341 e. The van der Waals surface area contributed by atoms with Crippen LogP contribution in [0.2, 0.25) is 0 Å². The third-order valence-corrected chi connectivity index (χ3v) is 11.0. The molecule has 2 aliphatic rings. The minimum absolute atomic E-state index is 0.225. The number of nitrogens with zero attached hydrogens (tertiary/aromatic N) is 2. The molecule has 0 spiro atoms. The Morgan fingerprint density at radius 1 is 1.14 bits per heavy atom. The predicted molar refractivity (Wildman–Crippen MR) is 140 cm³/mol. The fraction of sp³-hybridized carbons (Fsp3) is 0.360. The summed E-state index contributed by atoms with van der Waals surface area (Å²) < 4.78 is 32.8. The van der Waals surface area contributed by atoms with Gasteiger partial charge in [-0.05, 0) is 41.8 Å². The van der Waals surface area contributed by atoms with Gasteiger partial charge in [0.05, 0.1) is 12.7 Å². The molecule has 1 atom stereocenters. The van der Waals surface area contributed by atoms with Gasteiger partial charge in [-0.1, -0.05) is 36.4 Å². The summed E-state index contributed by atoms with van der Waals surface area (Å²) >= 11 is 2.51. The monoisotopic (exact) mass is 545 g/mol. The van der Waals surface area contributed by atoms with Gasteiger partial charge in [-0.2, -0.15) is 4.31 Å². The number of ether oxygens (including phenoxy) is 1. The van der Waals surface area contributed by atoms with E-state index in [0.717, 1.165) is 34.9 Å². The summed E-state index contributed by atoms with van der Waals surface area (Å²) in [4.78, 5) is 29.4. The summed E-state index contributed by atoms with van der Waals surface area (Å²) in [7, 11) is -2.43. The number of hydrogen-bond acceptors (Lipinski definition) is 8. The number of amides is 1. The second-order valence-corrected chi connectivity index (χ2v) is 13.0. The highest BCUT2D eigenvalue weighted by Crippen LogP contribution is 2.39. The normalized spacial score (nSPS) is 18.6. The Morgan fingerprint density at radius 2 is 1.94 bits per heavy atom. The van der Waals surface area contributed by atoms with E-state index in [1.165, 1.54) is 28.3 Å². The molecule has 1 unspecified atom stereocenters. The first-order chi connectivity index (χ1) is 17.4. The van der Waals surface area contributed by atoms with E-state index in [-0.39, 0.29) is 10.8 Å². The molecule has 36 heavy (non-hydrogen) atoms. The Kier molecular flexibility index (Phi) is 7.27. The van der Waals surface area contributed by atoms with Gasteiger partial charge in [0.25, 0.3) is 10.0 Å². The molecule has 190 valence electrons. The van der Waals surface area contributed by atoms with Crippen LogP contribution in [-0.4, -0.2) is 55.7 Å². The van der Waals surface area contributed by atoms with Gasteiger partial charge >= 0.3 is 5.97 Å². The van der Waals surface area contributed by atoms with Gasteiger partial charge in [-0.15, -0.1) is 22.7 Å². The zero-order chi connectivity index (χ0) is 25.3. The smallest absolute Gasteiger partial charge is 0.341 e. The summed E-state index contributed by atoms with van der Waals surface area (Å²) in [5.41, 5.74) is 2.50. The van der Waals surface area contributed by atoms with E-state index in [9.17, 15) is 18.0 Å². The number of nitrogens with one attached hydrogen (secondary N) is 1. The molecule has 0 bridgehead atoms. The first kappa shape index (κ1) is 25.1. The molecule has 1 saturated heterocycles. The molecule has 8 nitrogen and oxygen atoms in total. The first-order valence-electron chi connectivity index (χ1n) is 11.7. The number of esters is 1. The van der Waals surface area contributed by atoms with E-state index >= 15 is 0 Å². The number of benzene rings is 1. The number of fused-ring (bicyclic) bond motifs is 1. The molecule has 3 aromatic rings. The Balaban J connectivity index is 1.38. The Morgan fingerprint density at radius 3 is 2.67 bits per heavy atom. The van der Waals surface area contributed by atoms with Crippen LogP contribution in [0.4, 0.5) is 5.00 Å². The number of carbonyl (C=O) groups excluding carboxylic acids is 2. The lowest BCUT2D eigenvalue weighted by atomic mass is 10.0. The average Bonchev–Trinajstić information content (AvgIpc) is 3.64. The number of sulfonamides is 1. The van der Waals surface area contributed by atoms with Gasteiger partial charge in [0.15, 0.2) is 0 Å². The second-order valence-electron chi connectivity index (χ2n) is 8.84. The summed E-state index contributed by atoms with van der Waals surface area (Å²) in [5, 5.41) is 5.03. The minimum atomic E-state index is -3.76. The van der Waals surface area contributed by atoms with Crippen molar-refractivity contribution in [2.45, 2.75) is 42.6 Å². The lowest BCUT2D eigenvalue weighted by molar-refractivity contribution is -0.119. The van der Waals surface area contributed by atoms with Crippen LogP contribution >= 0.6 is 22.7 Å². The maximum absolute atomic E-state index is 13.4. The molecule has 0 aliphatic carbocycles. The zero-order valence-corrected chi connectivity index (χ0v) is 22.3. The number of anilines is 1. The van der Waals surface area contributed by atoms with Crippen molar-refractivity contribution in [3.63, 3.8) is 0 Å². The number of methoxy groups -OCH3 is 1. The van der Waals surface area contributed by atoms with Crippen molar-refractivity contribution in [2.24, 2.45) is 0 Å². The number of rotatable bonds is 7. The van der Waals surface area contributed by atoms with Crippen LogP contribution in [0.5, 0.6) is 0 Å². The lowest BCUT2D eigenvalue weighted by Gasteiger charge is -2.27. The van der Waals surface area contributed by atoms with Crippen molar-refractivity contribution >= 4 is 49.6 Å². The highest BCUT2D eigenvalue weighted by Gasteiger charge is 2.40. The van der Waals surface area contributed by atoms with Gasteiger partial charge in [0.1, 0.15) is 15.3 Å². The van der Waals surface area contributed by atoms with Crippen LogP contribution in [-0.2, 0) is 39.1 Å². The summed E-state index contributed by atoms with van der Waals surface area (Å²) in [6.07, 6.45) is 1.70. The molecule has 1 amide bonds. The van der Waals surface area contributed by atoms with Crippen molar-refractivity contribution in [3.05, 3.63) is 69.4 Å². The van der Waals surface area contributed by atoms with Crippen molar-refractivity contribution in [3.8, 4) is 0 Å². The summed E-state index contributed by atoms with van der Waals surface area (Å²) in [6, 6.07) is 12.6. The average molecular weight is 546 g/mol. The molecule has 4 heterocycles. The molecule has 0 radical (unpaired) electrons. The lowest BCUT2D eigenvalue weighted by Crippen LogP contribution is -2.42. The Hall–Kier alpha value is -2.57. The van der Waals surface area contributed by atoms with Gasteiger partial charge in [0.2, 0.25) is 5.91 Å². The fourth-order valence-electron chi connectivity index (χ4n) is 4.85. The van der Waals surface area contributed by atoms with Gasteiger partial charge < -0.3 is 10.1 Å². The molecule has 1 aromatic carbocycles. The van der Waals surface area contributed by atoms with E-state index < -0.39 is 27.9 Å². The standard InChI is InChI=1S/C25H27N3O5S3/c1-33-25(30)22-18-11-13-27(15-17-7-3-2-4-8-17)16-20(18)35-24(22)26-23(29)19-9-5-12-28(19)36(31,32)21-10-6-14-34-21/h2-4,6-8,10,14,19H,5,9,11-13,15-16H2,1H3,(H,26,29). The molecule has 2 aromatic heterocycles. The van der Waals surface area contributed by atoms with Gasteiger partial charge in [-0.25, -0.2) is 13.2 Å². The minimum Gasteiger partial charge on any atom is -0.465 e. The third-order valence-electron chi connectivity index (χ3n) is 6.58. The van der Waals surface area contributed by atoms with E-state index in [4.69, 9.17) is 4.74 Å². The number of thiophene rings is 2. The Labute approximate surface area is 218 Å². The summed E-state index contributed by atoms with van der Waals surface area (Å²) in [5.74, 6) is -0.911. The quantitative estimate of drug-likeness (QED) is 0.452. The highest BCUT2D eigenvalue weighted by atomic mass is 32.2. The largest absolute Gasteiger partial charge is 0.465 e. The van der Waals surface area contributed by atoms with Crippen LogP contribution in [0.15, 0.2) is 52.1 Å². The molecular weight excluding hydrogens is 518 g/mol. The van der Waals surface area contributed by atoms with Gasteiger partial charge in [-0.3, -0.25) is 9.69 Å². The molecule has 2 aliphatic heterocycles. The topological polar surface area (TPSA) is 96.0 Å². The van der Waals surface area contributed by atoms with E-state index in [1.54, 1.807) is 17.5 Å². The van der Waals surface area contributed by atoms with Crippen LogP contribution < -0.4 is 5.32 Å². The zero-order valence-electron chi connectivity index (χ0n) is 19.8. The van der Waals surface area contributed by atoms with E-state index in [0.29, 0.717) is 36.4 Å². The van der Waals surface area contributed by atoms with Crippen molar-refractivity contribution in [1.29, 1.82) is 0 Å². The van der Waals surface area contributed by atoms with Crippen molar-refractivity contribution in [2.75, 3.05) is 25.5 Å². The van der Waals surface area contributed by atoms with Crippen LogP contribution in [0.3, 0.4) is 0 Å². The summed E-state index contributed by atoms with van der Waals surface area (Å²) in [6.45, 7) is 2.53. The molecular formula is C25H27N3O5S3. The third kappa shape index (κ3) is 4.85. The van der Waals surface area contributed by atoms with Crippen LogP contribution in [0, 0.1) is 0 Å². The van der Waals surface area contributed by atoms with E-state index in [1.807, 2.05) is 18.2 Å². The first-order valence-corrected chi connectivity index (χ1v) is 14.9. The predicted octanol–water partition coefficient (Wildman–Crippen LogP) is 3.95. The van der Waals surface area contributed by atoms with E-state index in [2.05, 4.69) is 22.3 Å². The number of hydrogen-bond donors (Lipinski definition) is 1. The molecule has 1 N–H and O–H groups in total. The Bertz CT molecular complexity index is 1350. The SMILES string of the molecule is COC(=O)c1c(NC(=O)C2CCCN2S(=O)(=O)c2cccs2)sc2c1CCN(Cc1ccccc1)C2. The highest BCUT2D eigenvalue weighted by molar-refractivity contribution is 7.91. The van der Waals surface area contributed by atoms with Crippen molar-refractivity contribution in [1.82, 2.24) is 9.21 Å². The van der Waals surface area contributed by atoms with Crippen LogP contribution in [0.1, 0.15) is 39.2 Å². The number of carbonyl (C=O) groups is 2. The molecule has 1 fully saturated rings. The van der Waals surface area contributed by atoms with Crippen molar-refractivity contribution < 1.29 is 22.7 Å². The maximum atomic E-state index is 13.4. The van der Waals surface area contributed by atoms with Gasteiger partial charge in [0, 0.05) is 31.1 Å². The van der Waals surface area contributed by atoms with Crippen LogP contribution in [0.25, 0.3) is 0 Å². The molecule has 0 saturated carbocycles. The second kappa shape index (κ2) is 10.4.